The zero-order valence-electron chi connectivity index (χ0n) is 7.97. The minimum absolute atomic E-state index is 0.501. The van der Waals surface area contributed by atoms with E-state index in [1.165, 1.54) is 0 Å². The number of hydrogen-bond acceptors (Lipinski definition) is 3. The predicted molar refractivity (Wildman–Crippen MR) is 54.2 cm³/mol. The van der Waals surface area contributed by atoms with Gasteiger partial charge in [-0.25, -0.2) is 0 Å². The van der Waals surface area contributed by atoms with Gasteiger partial charge in [0.2, 0.25) is 0 Å². The van der Waals surface area contributed by atoms with Crippen LogP contribution in [-0.2, 0) is 0 Å². The third-order valence-electron chi connectivity index (χ3n) is 1.62. The zero-order valence-corrected chi connectivity index (χ0v) is 7.97. The molecule has 0 aromatic heterocycles. The zero-order chi connectivity index (χ0) is 9.23. The van der Waals surface area contributed by atoms with Crippen molar-refractivity contribution < 1.29 is 0 Å². The van der Waals surface area contributed by atoms with E-state index in [-0.39, 0.29) is 0 Å². The second-order valence-corrected chi connectivity index (χ2v) is 2.94. The fourth-order valence-electron chi connectivity index (χ4n) is 0.902. The molecular formula is C9H21N3. The minimum atomic E-state index is 0.501. The van der Waals surface area contributed by atoms with Gasteiger partial charge in [0, 0.05) is 19.1 Å². The Hall–Kier alpha value is -0.380. The first-order valence-corrected chi connectivity index (χ1v) is 4.56. The molecule has 0 bridgehead atoms. The van der Waals surface area contributed by atoms with E-state index in [4.69, 9.17) is 5.73 Å². The molecule has 0 saturated heterocycles. The molecule has 0 aliphatic carbocycles. The lowest BCUT2D eigenvalue weighted by Crippen LogP contribution is -2.37. The van der Waals surface area contributed by atoms with E-state index >= 15 is 0 Å². The molecule has 1 atom stereocenters. The third-order valence-corrected chi connectivity index (χ3v) is 1.62. The van der Waals surface area contributed by atoms with Crippen LogP contribution in [0.2, 0.25) is 0 Å². The molecule has 0 saturated carbocycles. The van der Waals surface area contributed by atoms with Crippen molar-refractivity contribution in [3.63, 3.8) is 0 Å². The fraction of sp³-hybridized carbons (Fsp3) is 0.778. The van der Waals surface area contributed by atoms with Gasteiger partial charge < -0.3 is 16.4 Å². The molecular weight excluding hydrogens is 150 g/mol. The van der Waals surface area contributed by atoms with Crippen molar-refractivity contribution in [2.75, 3.05) is 26.2 Å². The van der Waals surface area contributed by atoms with Gasteiger partial charge in [0.15, 0.2) is 0 Å². The first-order chi connectivity index (χ1) is 5.81. The largest absolute Gasteiger partial charge is 0.330 e. The number of rotatable bonds is 8. The first-order valence-electron chi connectivity index (χ1n) is 4.56. The van der Waals surface area contributed by atoms with Gasteiger partial charge in [-0.1, -0.05) is 6.08 Å². The van der Waals surface area contributed by atoms with Crippen LogP contribution >= 0.6 is 0 Å². The maximum atomic E-state index is 5.36. The quantitative estimate of drug-likeness (QED) is 0.358. The molecule has 72 valence electrons. The minimum Gasteiger partial charge on any atom is -0.330 e. The van der Waals surface area contributed by atoms with Crippen LogP contribution in [0.25, 0.3) is 0 Å². The van der Waals surface area contributed by atoms with Crippen molar-refractivity contribution in [3.05, 3.63) is 12.7 Å². The Kier molecular flexibility index (Phi) is 8.44. The SMILES string of the molecule is C=CCNC(C)CNCCCN. The Labute approximate surface area is 75.4 Å². The molecule has 0 aliphatic rings. The summed E-state index contributed by atoms with van der Waals surface area (Å²) in [5.74, 6) is 0. The maximum absolute atomic E-state index is 5.36. The van der Waals surface area contributed by atoms with Crippen LogP contribution in [-0.4, -0.2) is 32.2 Å². The Balaban J connectivity index is 3.07. The molecule has 1 unspecified atom stereocenters. The summed E-state index contributed by atoms with van der Waals surface area (Å²) in [7, 11) is 0. The molecule has 12 heavy (non-hydrogen) atoms. The Bertz CT molecular complexity index is 104. The molecule has 0 aromatic rings. The van der Waals surface area contributed by atoms with E-state index in [9.17, 15) is 0 Å². The van der Waals surface area contributed by atoms with Crippen LogP contribution in [0.5, 0.6) is 0 Å². The summed E-state index contributed by atoms with van der Waals surface area (Å²) in [6, 6.07) is 0.501. The molecule has 4 N–H and O–H groups in total. The summed E-state index contributed by atoms with van der Waals surface area (Å²) < 4.78 is 0. The van der Waals surface area contributed by atoms with Crippen molar-refractivity contribution in [1.29, 1.82) is 0 Å². The van der Waals surface area contributed by atoms with Crippen LogP contribution in [0.4, 0.5) is 0 Å². The summed E-state index contributed by atoms with van der Waals surface area (Å²) in [4.78, 5) is 0. The van der Waals surface area contributed by atoms with Crippen LogP contribution in [0.15, 0.2) is 12.7 Å². The van der Waals surface area contributed by atoms with Crippen LogP contribution in [0.1, 0.15) is 13.3 Å². The molecule has 3 nitrogen and oxygen atoms in total. The van der Waals surface area contributed by atoms with E-state index in [2.05, 4.69) is 24.1 Å². The van der Waals surface area contributed by atoms with Gasteiger partial charge in [0.05, 0.1) is 0 Å². The Morgan fingerprint density at radius 3 is 2.92 bits per heavy atom. The normalized spacial score (nSPS) is 12.8. The van der Waals surface area contributed by atoms with Crippen molar-refractivity contribution in [2.24, 2.45) is 5.73 Å². The van der Waals surface area contributed by atoms with Crippen molar-refractivity contribution in [1.82, 2.24) is 10.6 Å². The second-order valence-electron chi connectivity index (χ2n) is 2.94. The summed E-state index contributed by atoms with van der Waals surface area (Å²) in [6.45, 7) is 9.44. The number of nitrogens with two attached hydrogens (primary N) is 1. The highest BCUT2D eigenvalue weighted by atomic mass is 15.0. The second kappa shape index (κ2) is 8.71. The molecule has 0 aromatic carbocycles. The molecule has 3 heteroatoms. The number of nitrogens with one attached hydrogen (secondary N) is 2. The fourth-order valence-corrected chi connectivity index (χ4v) is 0.902. The van der Waals surface area contributed by atoms with Crippen molar-refractivity contribution >= 4 is 0 Å². The molecule has 0 heterocycles. The van der Waals surface area contributed by atoms with Crippen LogP contribution < -0.4 is 16.4 Å². The Morgan fingerprint density at radius 2 is 2.33 bits per heavy atom. The highest BCUT2D eigenvalue weighted by Crippen LogP contribution is 1.78. The lowest BCUT2D eigenvalue weighted by molar-refractivity contribution is 0.520. The highest BCUT2D eigenvalue weighted by molar-refractivity contribution is 4.73. The molecule has 0 amide bonds. The smallest absolute Gasteiger partial charge is 0.0167 e. The summed E-state index contributed by atoms with van der Waals surface area (Å²) in [5.41, 5.74) is 5.36. The predicted octanol–water partition coefficient (Wildman–Crippen LogP) is 0.0889. The highest BCUT2D eigenvalue weighted by Gasteiger charge is 1.96. The molecule has 0 spiro atoms. The van der Waals surface area contributed by atoms with Gasteiger partial charge in [-0.2, -0.15) is 0 Å². The average Bonchev–Trinajstić information content (AvgIpc) is 2.09. The molecule has 0 aliphatic heterocycles. The van der Waals surface area contributed by atoms with Crippen molar-refractivity contribution in [3.8, 4) is 0 Å². The number of hydrogen-bond donors (Lipinski definition) is 3. The van der Waals surface area contributed by atoms with Gasteiger partial charge >= 0.3 is 0 Å². The van der Waals surface area contributed by atoms with E-state index < -0.39 is 0 Å². The molecule has 0 fully saturated rings. The lowest BCUT2D eigenvalue weighted by atomic mass is 10.3. The topological polar surface area (TPSA) is 50.1 Å². The van der Waals surface area contributed by atoms with Crippen LogP contribution in [0, 0.1) is 0 Å². The standard InChI is InChI=1S/C9H21N3/c1-3-6-12-9(2)8-11-7-4-5-10/h3,9,11-12H,1,4-8,10H2,2H3. The first kappa shape index (κ1) is 11.6. The monoisotopic (exact) mass is 171 g/mol. The average molecular weight is 171 g/mol. The maximum Gasteiger partial charge on any atom is 0.0167 e. The van der Waals surface area contributed by atoms with E-state index in [1.807, 2.05) is 6.08 Å². The summed E-state index contributed by atoms with van der Waals surface area (Å²) in [6.07, 6.45) is 2.92. The van der Waals surface area contributed by atoms with E-state index in [1.54, 1.807) is 0 Å². The van der Waals surface area contributed by atoms with E-state index in [0.717, 1.165) is 32.6 Å². The van der Waals surface area contributed by atoms with Gasteiger partial charge in [-0.3, -0.25) is 0 Å². The van der Waals surface area contributed by atoms with Gasteiger partial charge in [-0.15, -0.1) is 6.58 Å². The Morgan fingerprint density at radius 1 is 1.58 bits per heavy atom. The summed E-state index contributed by atoms with van der Waals surface area (Å²) in [5, 5.41) is 6.62. The van der Waals surface area contributed by atoms with Crippen LogP contribution in [0.3, 0.4) is 0 Å². The molecule has 0 radical (unpaired) electrons. The van der Waals surface area contributed by atoms with Gasteiger partial charge in [0.1, 0.15) is 0 Å². The van der Waals surface area contributed by atoms with Crippen molar-refractivity contribution in [2.45, 2.75) is 19.4 Å². The third kappa shape index (κ3) is 7.72. The summed E-state index contributed by atoms with van der Waals surface area (Å²) >= 11 is 0. The lowest BCUT2D eigenvalue weighted by Gasteiger charge is -2.12. The molecule has 0 rings (SSSR count). The van der Waals surface area contributed by atoms with Gasteiger partial charge in [0.25, 0.3) is 0 Å². The van der Waals surface area contributed by atoms with E-state index in [0.29, 0.717) is 6.04 Å². The van der Waals surface area contributed by atoms with Gasteiger partial charge in [-0.05, 0) is 26.4 Å².